The van der Waals surface area contributed by atoms with Gasteiger partial charge in [-0.1, -0.05) is 30.3 Å². The van der Waals surface area contributed by atoms with E-state index in [1.54, 1.807) is 24.3 Å². The number of nitrogens with one attached hydrogen (secondary N) is 2. The van der Waals surface area contributed by atoms with Crippen molar-refractivity contribution in [2.45, 2.75) is 6.42 Å². The Kier molecular flexibility index (Phi) is 4.20. The predicted molar refractivity (Wildman–Crippen MR) is 59.4 cm³/mol. The standard InChI is InChI=1S/C11H12FN3O/c12-9(7-13)11(14)15-10(16)6-8-4-2-1-3-5-8/h1-5,7H,6,13H2,(H2,14,15,16). The van der Waals surface area contributed by atoms with Crippen LogP contribution in [0, 0.1) is 5.41 Å². The average molecular weight is 221 g/mol. The van der Waals surface area contributed by atoms with Crippen LogP contribution in [0.5, 0.6) is 0 Å². The zero-order valence-electron chi connectivity index (χ0n) is 8.53. The van der Waals surface area contributed by atoms with Gasteiger partial charge in [0, 0.05) is 6.20 Å². The smallest absolute Gasteiger partial charge is 0.230 e. The molecule has 0 aromatic heterocycles. The molecule has 5 heteroatoms. The second-order valence-electron chi connectivity index (χ2n) is 3.10. The molecular weight excluding hydrogens is 209 g/mol. The molecule has 0 fully saturated rings. The highest BCUT2D eigenvalue weighted by Gasteiger charge is 2.08. The van der Waals surface area contributed by atoms with E-state index in [4.69, 9.17) is 11.1 Å². The number of rotatable bonds is 3. The van der Waals surface area contributed by atoms with Gasteiger partial charge in [-0.2, -0.15) is 0 Å². The van der Waals surface area contributed by atoms with Gasteiger partial charge in [0.1, 0.15) is 0 Å². The van der Waals surface area contributed by atoms with Gasteiger partial charge in [-0.15, -0.1) is 0 Å². The molecule has 0 unspecified atom stereocenters. The SMILES string of the molecule is N=C(NC(=O)Cc1ccccc1)C(F)=CN. The van der Waals surface area contributed by atoms with E-state index < -0.39 is 17.6 Å². The molecule has 0 spiro atoms. The Morgan fingerprint density at radius 3 is 2.62 bits per heavy atom. The summed E-state index contributed by atoms with van der Waals surface area (Å²) in [5.41, 5.74) is 5.67. The Morgan fingerprint density at radius 1 is 1.44 bits per heavy atom. The van der Waals surface area contributed by atoms with E-state index in [1.165, 1.54) is 0 Å². The van der Waals surface area contributed by atoms with Crippen LogP contribution in [-0.4, -0.2) is 11.7 Å². The Bertz CT molecular complexity index is 414. The highest BCUT2D eigenvalue weighted by molar-refractivity contribution is 6.04. The van der Waals surface area contributed by atoms with E-state index in [2.05, 4.69) is 5.32 Å². The van der Waals surface area contributed by atoms with Crippen LogP contribution in [0.3, 0.4) is 0 Å². The molecule has 0 aliphatic rings. The van der Waals surface area contributed by atoms with Gasteiger partial charge in [0.05, 0.1) is 6.42 Å². The molecule has 1 rings (SSSR count). The third kappa shape index (κ3) is 3.53. The number of hydrogen-bond donors (Lipinski definition) is 3. The molecule has 0 saturated heterocycles. The van der Waals surface area contributed by atoms with Gasteiger partial charge in [0.15, 0.2) is 11.7 Å². The molecule has 84 valence electrons. The first-order valence-electron chi connectivity index (χ1n) is 4.63. The van der Waals surface area contributed by atoms with Crippen molar-refractivity contribution < 1.29 is 9.18 Å². The monoisotopic (exact) mass is 221 g/mol. The first-order chi connectivity index (χ1) is 7.63. The first kappa shape index (κ1) is 11.9. The second-order valence-corrected chi connectivity index (χ2v) is 3.10. The van der Waals surface area contributed by atoms with Gasteiger partial charge in [0.2, 0.25) is 5.91 Å². The fraction of sp³-hybridized carbons (Fsp3) is 0.0909. The fourth-order valence-electron chi connectivity index (χ4n) is 1.11. The minimum atomic E-state index is -0.957. The van der Waals surface area contributed by atoms with Crippen molar-refractivity contribution in [1.29, 1.82) is 5.41 Å². The van der Waals surface area contributed by atoms with Crippen molar-refractivity contribution in [2.24, 2.45) is 5.73 Å². The molecule has 16 heavy (non-hydrogen) atoms. The minimum absolute atomic E-state index is 0.0983. The molecule has 0 saturated carbocycles. The first-order valence-corrected chi connectivity index (χ1v) is 4.63. The van der Waals surface area contributed by atoms with Crippen molar-refractivity contribution in [2.75, 3.05) is 0 Å². The Balaban J connectivity index is 2.52. The highest BCUT2D eigenvalue weighted by Crippen LogP contribution is 2.00. The lowest BCUT2D eigenvalue weighted by molar-refractivity contribution is -0.119. The number of hydrogen-bond acceptors (Lipinski definition) is 3. The summed E-state index contributed by atoms with van der Waals surface area (Å²) in [5.74, 6) is -2.03. The average Bonchev–Trinajstić information content (AvgIpc) is 2.29. The maximum Gasteiger partial charge on any atom is 0.230 e. The Morgan fingerprint density at radius 2 is 2.06 bits per heavy atom. The summed E-state index contributed by atoms with van der Waals surface area (Å²) in [6, 6.07) is 8.99. The lowest BCUT2D eigenvalue weighted by Crippen LogP contribution is -2.31. The van der Waals surface area contributed by atoms with Crippen molar-refractivity contribution in [3.8, 4) is 0 Å². The normalized spacial score (nSPS) is 10.9. The van der Waals surface area contributed by atoms with Gasteiger partial charge < -0.3 is 11.1 Å². The number of carbonyl (C=O) groups is 1. The van der Waals surface area contributed by atoms with Crippen molar-refractivity contribution in [3.63, 3.8) is 0 Å². The third-order valence-corrected chi connectivity index (χ3v) is 1.86. The summed E-state index contributed by atoms with van der Waals surface area (Å²) in [6.45, 7) is 0. The largest absolute Gasteiger partial charge is 0.402 e. The molecule has 1 amide bonds. The van der Waals surface area contributed by atoms with E-state index in [1.807, 2.05) is 6.07 Å². The number of carbonyl (C=O) groups excluding carboxylic acids is 1. The van der Waals surface area contributed by atoms with E-state index in [0.717, 1.165) is 5.56 Å². The van der Waals surface area contributed by atoms with Crippen molar-refractivity contribution in [1.82, 2.24) is 5.32 Å². The zero-order chi connectivity index (χ0) is 12.0. The van der Waals surface area contributed by atoms with Crippen LogP contribution in [0.15, 0.2) is 42.4 Å². The number of nitrogens with two attached hydrogens (primary N) is 1. The number of amides is 1. The van der Waals surface area contributed by atoms with Gasteiger partial charge in [0.25, 0.3) is 0 Å². The topological polar surface area (TPSA) is 79.0 Å². The predicted octanol–water partition coefficient (Wildman–Crippen LogP) is 1.09. The molecule has 0 atom stereocenters. The van der Waals surface area contributed by atoms with Crippen molar-refractivity contribution in [3.05, 3.63) is 47.9 Å². The molecule has 4 nitrogen and oxygen atoms in total. The maximum absolute atomic E-state index is 12.7. The molecule has 0 radical (unpaired) electrons. The van der Waals surface area contributed by atoms with Crippen LogP contribution in [0.2, 0.25) is 0 Å². The third-order valence-electron chi connectivity index (χ3n) is 1.86. The lowest BCUT2D eigenvalue weighted by Gasteiger charge is -2.04. The molecule has 0 heterocycles. The van der Waals surface area contributed by atoms with E-state index >= 15 is 0 Å². The van der Waals surface area contributed by atoms with Gasteiger partial charge in [-0.25, -0.2) is 4.39 Å². The zero-order valence-corrected chi connectivity index (χ0v) is 8.53. The highest BCUT2D eigenvalue weighted by atomic mass is 19.1. The lowest BCUT2D eigenvalue weighted by atomic mass is 10.1. The quantitative estimate of drug-likeness (QED) is 0.527. The summed E-state index contributed by atoms with van der Waals surface area (Å²) >= 11 is 0. The molecule has 0 bridgehead atoms. The van der Waals surface area contributed by atoms with E-state index in [-0.39, 0.29) is 6.42 Å². The number of amidine groups is 1. The van der Waals surface area contributed by atoms with Crippen LogP contribution in [0.1, 0.15) is 5.56 Å². The molecule has 1 aromatic rings. The minimum Gasteiger partial charge on any atom is -0.402 e. The molecule has 1 aromatic carbocycles. The van der Waals surface area contributed by atoms with Crippen LogP contribution >= 0.6 is 0 Å². The molecular formula is C11H12FN3O. The fourth-order valence-corrected chi connectivity index (χ4v) is 1.11. The van der Waals surface area contributed by atoms with Gasteiger partial charge in [-0.3, -0.25) is 10.2 Å². The van der Waals surface area contributed by atoms with E-state index in [0.29, 0.717) is 6.20 Å². The summed E-state index contributed by atoms with van der Waals surface area (Å²) < 4.78 is 12.7. The van der Waals surface area contributed by atoms with Crippen LogP contribution in [0.25, 0.3) is 0 Å². The second kappa shape index (κ2) is 5.65. The molecule has 4 N–H and O–H groups in total. The number of halogens is 1. The van der Waals surface area contributed by atoms with Crippen molar-refractivity contribution >= 4 is 11.7 Å². The van der Waals surface area contributed by atoms with Gasteiger partial charge in [-0.05, 0) is 5.56 Å². The van der Waals surface area contributed by atoms with E-state index in [9.17, 15) is 9.18 Å². The number of benzene rings is 1. The molecule has 0 aliphatic carbocycles. The Labute approximate surface area is 92.5 Å². The van der Waals surface area contributed by atoms with Gasteiger partial charge >= 0.3 is 0 Å². The summed E-state index contributed by atoms with van der Waals surface area (Å²) in [4.78, 5) is 11.4. The Hall–Kier alpha value is -2.17. The maximum atomic E-state index is 12.7. The van der Waals surface area contributed by atoms with Crippen LogP contribution in [0.4, 0.5) is 4.39 Å². The molecule has 0 aliphatic heterocycles. The summed E-state index contributed by atoms with van der Waals surface area (Å²) in [5, 5.41) is 9.24. The van der Waals surface area contributed by atoms with Crippen LogP contribution < -0.4 is 11.1 Å². The van der Waals surface area contributed by atoms with Crippen LogP contribution in [-0.2, 0) is 11.2 Å². The summed E-state index contributed by atoms with van der Waals surface area (Å²) in [6.07, 6.45) is 0.728. The summed E-state index contributed by atoms with van der Waals surface area (Å²) in [7, 11) is 0.